The molecule has 0 saturated carbocycles. The molecule has 100 valence electrons. The van der Waals surface area contributed by atoms with Crippen LogP contribution in [-0.2, 0) is 4.74 Å². The Morgan fingerprint density at radius 2 is 2.28 bits per heavy atom. The Morgan fingerprint density at radius 3 is 2.94 bits per heavy atom. The maximum atomic E-state index is 12.6. The van der Waals surface area contributed by atoms with Gasteiger partial charge in [-0.1, -0.05) is 0 Å². The minimum atomic E-state index is -4.36. The molecule has 2 rings (SSSR count). The van der Waals surface area contributed by atoms with Crippen LogP contribution in [0.1, 0.15) is 0 Å². The zero-order chi connectivity index (χ0) is 13.2. The molecule has 0 aliphatic carbocycles. The van der Waals surface area contributed by atoms with Crippen LogP contribution in [-0.4, -0.2) is 49.0 Å². The molecular formula is C10H13F3N4O. The van der Waals surface area contributed by atoms with Gasteiger partial charge in [0.15, 0.2) is 6.10 Å². The number of rotatable bonds is 2. The van der Waals surface area contributed by atoms with E-state index in [4.69, 9.17) is 4.74 Å². The molecule has 1 unspecified atom stereocenters. The number of morpholine rings is 1. The van der Waals surface area contributed by atoms with Crippen LogP contribution in [0.2, 0.25) is 0 Å². The standard InChI is InChI=1S/C10H13F3N4O/c1-14-8-2-3-15-9(16-8)17-4-5-18-7(6-17)10(11,12)13/h2-3,7H,4-6H2,1H3,(H,14,15,16). The lowest BCUT2D eigenvalue weighted by molar-refractivity contribution is -0.221. The lowest BCUT2D eigenvalue weighted by atomic mass is 10.3. The minimum absolute atomic E-state index is 0.0112. The first kappa shape index (κ1) is 12.9. The molecule has 2 heterocycles. The average Bonchev–Trinajstić information content (AvgIpc) is 2.38. The molecule has 18 heavy (non-hydrogen) atoms. The maximum absolute atomic E-state index is 12.6. The smallest absolute Gasteiger partial charge is 0.373 e. The summed E-state index contributed by atoms with van der Waals surface area (Å²) in [4.78, 5) is 9.57. The van der Waals surface area contributed by atoms with Crippen LogP contribution in [0.25, 0.3) is 0 Å². The molecule has 1 aliphatic rings. The number of nitrogens with zero attached hydrogens (tertiary/aromatic N) is 3. The van der Waals surface area contributed by atoms with E-state index in [0.29, 0.717) is 12.4 Å². The molecule has 0 radical (unpaired) electrons. The van der Waals surface area contributed by atoms with Gasteiger partial charge in [0.25, 0.3) is 0 Å². The molecule has 1 saturated heterocycles. The van der Waals surface area contributed by atoms with E-state index in [1.807, 2.05) is 0 Å². The minimum Gasteiger partial charge on any atom is -0.373 e. The second-order valence-corrected chi connectivity index (χ2v) is 3.84. The summed E-state index contributed by atoms with van der Waals surface area (Å²) >= 11 is 0. The summed E-state index contributed by atoms with van der Waals surface area (Å²) in [5.74, 6) is 0.842. The van der Waals surface area contributed by atoms with Gasteiger partial charge in [0.1, 0.15) is 5.82 Å². The van der Waals surface area contributed by atoms with Crippen molar-refractivity contribution in [3.05, 3.63) is 12.3 Å². The molecule has 5 nitrogen and oxygen atoms in total. The van der Waals surface area contributed by atoms with Gasteiger partial charge in [-0.05, 0) is 6.07 Å². The van der Waals surface area contributed by atoms with Crippen molar-refractivity contribution in [3.63, 3.8) is 0 Å². The monoisotopic (exact) mass is 262 g/mol. The normalized spacial score (nSPS) is 20.9. The Bertz CT molecular complexity index is 412. The molecule has 1 atom stereocenters. The van der Waals surface area contributed by atoms with E-state index in [1.165, 1.54) is 11.1 Å². The van der Waals surface area contributed by atoms with Crippen molar-refractivity contribution < 1.29 is 17.9 Å². The fourth-order valence-corrected chi connectivity index (χ4v) is 1.67. The van der Waals surface area contributed by atoms with Crippen LogP contribution in [0, 0.1) is 0 Å². The van der Waals surface area contributed by atoms with Gasteiger partial charge < -0.3 is 15.0 Å². The van der Waals surface area contributed by atoms with Crippen molar-refractivity contribution in [2.45, 2.75) is 12.3 Å². The molecule has 0 amide bonds. The molecule has 0 bridgehead atoms. The van der Waals surface area contributed by atoms with Crippen molar-refractivity contribution in [3.8, 4) is 0 Å². The maximum Gasteiger partial charge on any atom is 0.416 e. The van der Waals surface area contributed by atoms with Gasteiger partial charge in [0.05, 0.1) is 13.2 Å². The van der Waals surface area contributed by atoms with Crippen LogP contribution in [0.3, 0.4) is 0 Å². The van der Waals surface area contributed by atoms with E-state index >= 15 is 0 Å². The Balaban J connectivity index is 2.13. The topological polar surface area (TPSA) is 50.3 Å². The Morgan fingerprint density at radius 1 is 1.50 bits per heavy atom. The Kier molecular flexibility index (Phi) is 3.55. The molecular weight excluding hydrogens is 249 g/mol. The molecule has 1 N–H and O–H groups in total. The number of ether oxygens (including phenoxy) is 1. The molecule has 8 heteroatoms. The van der Waals surface area contributed by atoms with E-state index < -0.39 is 12.3 Å². The number of nitrogens with one attached hydrogen (secondary N) is 1. The van der Waals surface area contributed by atoms with Crippen LogP contribution in [0.15, 0.2) is 12.3 Å². The summed E-state index contributed by atoms with van der Waals surface area (Å²) in [7, 11) is 1.68. The summed E-state index contributed by atoms with van der Waals surface area (Å²) < 4.78 is 42.4. The van der Waals surface area contributed by atoms with Crippen molar-refractivity contribution in [2.75, 3.05) is 37.0 Å². The lowest BCUT2D eigenvalue weighted by Gasteiger charge is -2.33. The van der Waals surface area contributed by atoms with Gasteiger partial charge >= 0.3 is 6.18 Å². The zero-order valence-electron chi connectivity index (χ0n) is 9.74. The number of aromatic nitrogens is 2. The fourth-order valence-electron chi connectivity index (χ4n) is 1.67. The largest absolute Gasteiger partial charge is 0.416 e. The Labute approximate surface area is 102 Å². The molecule has 1 fully saturated rings. The zero-order valence-corrected chi connectivity index (χ0v) is 9.74. The highest BCUT2D eigenvalue weighted by atomic mass is 19.4. The average molecular weight is 262 g/mol. The third-order valence-corrected chi connectivity index (χ3v) is 2.61. The van der Waals surface area contributed by atoms with E-state index in [1.54, 1.807) is 13.1 Å². The highest BCUT2D eigenvalue weighted by Gasteiger charge is 2.43. The summed E-state index contributed by atoms with van der Waals surface area (Å²) in [5, 5.41) is 2.82. The number of hydrogen-bond acceptors (Lipinski definition) is 5. The second kappa shape index (κ2) is 4.97. The predicted octanol–water partition coefficient (Wildman–Crippen LogP) is 1.29. The highest BCUT2D eigenvalue weighted by Crippen LogP contribution is 2.27. The van der Waals surface area contributed by atoms with Crippen LogP contribution >= 0.6 is 0 Å². The van der Waals surface area contributed by atoms with Crippen molar-refractivity contribution in [2.24, 2.45) is 0 Å². The van der Waals surface area contributed by atoms with Crippen LogP contribution < -0.4 is 10.2 Å². The first-order chi connectivity index (χ1) is 8.50. The number of anilines is 2. The van der Waals surface area contributed by atoms with Crippen molar-refractivity contribution in [1.82, 2.24) is 9.97 Å². The SMILES string of the molecule is CNc1ccnc(N2CCOC(C(F)(F)F)C2)n1. The molecule has 1 aliphatic heterocycles. The van der Waals surface area contributed by atoms with Gasteiger partial charge in [-0.15, -0.1) is 0 Å². The quantitative estimate of drug-likeness (QED) is 0.870. The van der Waals surface area contributed by atoms with Gasteiger partial charge in [-0.2, -0.15) is 18.2 Å². The number of alkyl halides is 3. The van der Waals surface area contributed by atoms with Crippen LogP contribution in [0.5, 0.6) is 0 Å². The van der Waals surface area contributed by atoms with Crippen molar-refractivity contribution in [1.29, 1.82) is 0 Å². The summed E-state index contributed by atoms with van der Waals surface area (Å²) in [6, 6.07) is 1.64. The van der Waals surface area contributed by atoms with Gasteiger partial charge in [0.2, 0.25) is 5.95 Å². The molecule has 1 aromatic rings. The summed E-state index contributed by atoms with van der Waals surface area (Å²) in [6.07, 6.45) is -4.64. The third-order valence-electron chi connectivity index (χ3n) is 2.61. The van der Waals surface area contributed by atoms with E-state index in [2.05, 4.69) is 15.3 Å². The van der Waals surface area contributed by atoms with Gasteiger partial charge in [-0.3, -0.25) is 0 Å². The third kappa shape index (κ3) is 2.81. The second-order valence-electron chi connectivity index (χ2n) is 3.84. The first-order valence-corrected chi connectivity index (χ1v) is 5.45. The van der Waals surface area contributed by atoms with Gasteiger partial charge in [-0.25, -0.2) is 4.98 Å². The van der Waals surface area contributed by atoms with E-state index in [0.717, 1.165) is 0 Å². The first-order valence-electron chi connectivity index (χ1n) is 5.45. The number of halogens is 3. The summed E-state index contributed by atoms with van der Waals surface area (Å²) in [6.45, 7) is 0.0771. The Hall–Kier alpha value is -1.57. The van der Waals surface area contributed by atoms with Crippen molar-refractivity contribution >= 4 is 11.8 Å². The highest BCUT2D eigenvalue weighted by molar-refractivity contribution is 5.41. The van der Waals surface area contributed by atoms with E-state index in [-0.39, 0.29) is 19.1 Å². The van der Waals surface area contributed by atoms with Crippen LogP contribution in [0.4, 0.5) is 24.9 Å². The fraction of sp³-hybridized carbons (Fsp3) is 0.600. The lowest BCUT2D eigenvalue weighted by Crippen LogP contribution is -2.49. The number of hydrogen-bond donors (Lipinski definition) is 1. The molecule has 0 spiro atoms. The molecule has 1 aromatic heterocycles. The predicted molar refractivity (Wildman–Crippen MR) is 59.6 cm³/mol. The van der Waals surface area contributed by atoms with E-state index in [9.17, 15) is 13.2 Å². The summed E-state index contributed by atoms with van der Waals surface area (Å²) in [5.41, 5.74) is 0. The molecule has 0 aromatic carbocycles. The van der Waals surface area contributed by atoms with Gasteiger partial charge in [0, 0.05) is 19.8 Å².